The van der Waals surface area contributed by atoms with E-state index in [4.69, 9.17) is 34.4 Å². The minimum Gasteiger partial charge on any atom is -0.370 e. The Bertz CT molecular complexity index is 742. The highest BCUT2D eigenvalue weighted by Crippen LogP contribution is 2.25. The second-order valence-corrected chi connectivity index (χ2v) is 4.86. The summed E-state index contributed by atoms with van der Waals surface area (Å²) in [5.74, 6) is -0.0711. The number of anilines is 1. The zero-order valence-electron chi connectivity index (χ0n) is 12.8. The van der Waals surface area contributed by atoms with Gasteiger partial charge in [-0.1, -0.05) is 0 Å². The number of aromatic amines is 1. The van der Waals surface area contributed by atoms with Gasteiger partial charge in [-0.05, 0) is 6.08 Å². The number of rotatable bonds is 6. The Morgan fingerprint density at radius 1 is 1.12 bits per heavy atom. The summed E-state index contributed by atoms with van der Waals surface area (Å²) >= 11 is 0. The van der Waals surface area contributed by atoms with Gasteiger partial charge in [0.1, 0.15) is 0 Å². The molecule has 0 saturated carbocycles. The third-order valence-corrected chi connectivity index (χ3v) is 3.07. The van der Waals surface area contributed by atoms with Crippen LogP contribution in [0.2, 0.25) is 0 Å². The van der Waals surface area contributed by atoms with Gasteiger partial charge in [0.05, 0.1) is 36.6 Å². The highest BCUT2D eigenvalue weighted by molar-refractivity contribution is 6.15. The second kappa shape index (κ2) is 7.13. The van der Waals surface area contributed by atoms with Crippen molar-refractivity contribution in [3.05, 3.63) is 23.7 Å². The van der Waals surface area contributed by atoms with Crippen LogP contribution in [0.25, 0.3) is 0 Å². The van der Waals surface area contributed by atoms with Crippen LogP contribution in [-0.2, 0) is 0 Å². The lowest BCUT2D eigenvalue weighted by Crippen LogP contribution is -2.25. The molecule has 2 heterocycles. The van der Waals surface area contributed by atoms with Gasteiger partial charge in [-0.15, -0.1) is 0 Å². The van der Waals surface area contributed by atoms with Crippen LogP contribution in [0.4, 0.5) is 5.95 Å². The average molecular weight is 332 g/mol. The number of hydrogen-bond acceptors (Lipinski definition) is 7. The summed E-state index contributed by atoms with van der Waals surface area (Å²) in [7, 11) is 0. The van der Waals surface area contributed by atoms with E-state index in [-0.39, 0.29) is 42.8 Å². The van der Waals surface area contributed by atoms with Gasteiger partial charge in [0.2, 0.25) is 5.96 Å². The van der Waals surface area contributed by atoms with E-state index in [1.54, 1.807) is 12.3 Å². The number of H-pyrrole nitrogens is 1. The van der Waals surface area contributed by atoms with E-state index in [2.05, 4.69) is 29.9 Å². The van der Waals surface area contributed by atoms with E-state index in [0.717, 1.165) is 0 Å². The largest absolute Gasteiger partial charge is 0.370 e. The maximum absolute atomic E-state index is 5.72. The monoisotopic (exact) mass is 332 g/mol. The Labute approximate surface area is 137 Å². The van der Waals surface area contributed by atoms with Crippen LogP contribution in [0.15, 0.2) is 37.9 Å². The molecule has 0 aliphatic carbocycles. The molecule has 1 unspecified atom stereocenters. The Morgan fingerprint density at radius 3 is 2.42 bits per heavy atom. The van der Waals surface area contributed by atoms with Gasteiger partial charge < -0.3 is 39.4 Å². The first kappa shape index (κ1) is 16.8. The van der Waals surface area contributed by atoms with Crippen molar-refractivity contribution in [2.45, 2.75) is 5.92 Å². The average Bonchev–Trinajstić information content (AvgIpc) is 3.05. The molecule has 0 spiro atoms. The molecule has 0 aromatic carbocycles. The molecular formula is C12H20N12. The number of imidazole rings is 1. The van der Waals surface area contributed by atoms with Crippen LogP contribution >= 0.6 is 0 Å². The normalized spacial score (nSPS) is 16.4. The molecule has 1 aromatic rings. The predicted molar refractivity (Wildman–Crippen MR) is 94.2 cm³/mol. The number of hydrogen-bond donors (Lipinski definition) is 7. The van der Waals surface area contributed by atoms with E-state index >= 15 is 0 Å². The first-order chi connectivity index (χ1) is 11.4. The Balaban J connectivity index is 2.35. The highest BCUT2D eigenvalue weighted by Gasteiger charge is 2.27. The maximum atomic E-state index is 5.72. The van der Waals surface area contributed by atoms with Crippen LogP contribution in [0, 0.1) is 0 Å². The van der Waals surface area contributed by atoms with Crippen molar-refractivity contribution in [2.24, 2.45) is 48.6 Å². The lowest BCUT2D eigenvalue weighted by Gasteiger charge is -2.13. The first-order valence-electron chi connectivity index (χ1n) is 6.91. The summed E-state index contributed by atoms with van der Waals surface area (Å²) in [6.45, 7) is 0.443. The molecule has 0 saturated heterocycles. The van der Waals surface area contributed by atoms with Gasteiger partial charge >= 0.3 is 0 Å². The molecular weight excluding hydrogens is 312 g/mol. The van der Waals surface area contributed by atoms with E-state index in [1.807, 2.05) is 0 Å². The van der Waals surface area contributed by atoms with Crippen LogP contribution < -0.4 is 34.4 Å². The molecule has 13 N–H and O–H groups in total. The Hall–Kier alpha value is -3.57. The van der Waals surface area contributed by atoms with Crippen molar-refractivity contribution >= 4 is 29.5 Å². The second-order valence-electron chi connectivity index (χ2n) is 4.86. The van der Waals surface area contributed by atoms with Gasteiger partial charge in [0.25, 0.3) is 0 Å². The smallest absolute Gasteiger partial charge is 0.220 e. The molecule has 0 fully saturated rings. The summed E-state index contributed by atoms with van der Waals surface area (Å²) in [6.07, 6.45) is 3.27. The minimum absolute atomic E-state index is 0.0290. The summed E-state index contributed by atoms with van der Waals surface area (Å²) in [4.78, 5) is 23.3. The molecule has 12 nitrogen and oxygen atoms in total. The van der Waals surface area contributed by atoms with Gasteiger partial charge in [0, 0.05) is 5.69 Å². The van der Waals surface area contributed by atoms with E-state index < -0.39 is 0 Å². The fourth-order valence-corrected chi connectivity index (χ4v) is 2.09. The molecule has 12 heteroatoms. The minimum atomic E-state index is -0.368. The van der Waals surface area contributed by atoms with Crippen molar-refractivity contribution in [2.75, 3.05) is 18.8 Å². The van der Waals surface area contributed by atoms with Crippen molar-refractivity contribution in [3.63, 3.8) is 0 Å². The number of nitrogen functional groups attached to an aromatic ring is 1. The molecule has 1 aliphatic rings. The molecule has 1 aromatic heterocycles. The van der Waals surface area contributed by atoms with E-state index in [0.29, 0.717) is 17.1 Å². The third-order valence-electron chi connectivity index (χ3n) is 3.07. The van der Waals surface area contributed by atoms with Gasteiger partial charge in [0.15, 0.2) is 17.9 Å². The van der Waals surface area contributed by atoms with Crippen molar-refractivity contribution in [1.82, 2.24) is 9.97 Å². The molecule has 0 bridgehead atoms. The predicted octanol–water partition coefficient (Wildman–Crippen LogP) is -2.72. The van der Waals surface area contributed by atoms with Crippen molar-refractivity contribution in [1.29, 1.82) is 0 Å². The number of nitrogens with zero attached hydrogens (tertiary/aromatic N) is 5. The third kappa shape index (κ3) is 4.22. The summed E-state index contributed by atoms with van der Waals surface area (Å²) in [5, 5.41) is 0. The highest BCUT2D eigenvalue weighted by atomic mass is 15.1. The lowest BCUT2D eigenvalue weighted by atomic mass is 9.97. The standard InChI is InChI=1S/C12H20N12/c13-9(14)19-2-1-6-8(24-12(18)22-6)5(3-20-10(15)16)7-4-21-11(17)23-7/h1,4-5H,2-3H2,(H2,18,22)(H4,13,14,19)(H4,15,16,20)(H3,17,21,23)/b6-1-. The quantitative estimate of drug-likeness (QED) is 0.214. The van der Waals surface area contributed by atoms with Crippen molar-refractivity contribution < 1.29 is 0 Å². The fraction of sp³-hybridized carbons (Fsp3) is 0.250. The van der Waals surface area contributed by atoms with E-state index in [9.17, 15) is 0 Å². The van der Waals surface area contributed by atoms with E-state index in [1.165, 1.54) is 0 Å². The molecule has 0 radical (unpaired) electrons. The first-order valence-corrected chi connectivity index (χ1v) is 6.91. The Morgan fingerprint density at radius 2 is 1.83 bits per heavy atom. The molecule has 1 aliphatic heterocycles. The zero-order valence-corrected chi connectivity index (χ0v) is 12.8. The van der Waals surface area contributed by atoms with Crippen LogP contribution in [-0.4, -0.2) is 46.6 Å². The summed E-state index contributed by atoms with van der Waals surface area (Å²) in [5.41, 5.74) is 34.6. The Kier molecular flexibility index (Phi) is 4.99. The molecule has 1 atom stereocenters. The van der Waals surface area contributed by atoms with Gasteiger partial charge in [-0.3, -0.25) is 4.99 Å². The number of nitrogens with two attached hydrogens (primary N) is 6. The van der Waals surface area contributed by atoms with Gasteiger partial charge in [-0.25, -0.2) is 20.0 Å². The number of aromatic nitrogens is 2. The molecule has 128 valence electrons. The van der Waals surface area contributed by atoms with Gasteiger partial charge in [-0.2, -0.15) is 0 Å². The summed E-state index contributed by atoms with van der Waals surface area (Å²) in [6, 6.07) is 0. The number of allylic oxidation sites excluding steroid dienone is 1. The maximum Gasteiger partial charge on any atom is 0.220 e. The lowest BCUT2D eigenvalue weighted by molar-refractivity contribution is 0.858. The number of aliphatic imine (C=N–C) groups is 4. The van der Waals surface area contributed by atoms with Crippen molar-refractivity contribution in [3.8, 4) is 0 Å². The molecule has 2 rings (SSSR count). The van der Waals surface area contributed by atoms with Crippen LogP contribution in [0.3, 0.4) is 0 Å². The topological polar surface area (TPSA) is 234 Å². The zero-order chi connectivity index (χ0) is 17.7. The fourth-order valence-electron chi connectivity index (χ4n) is 2.09. The number of guanidine groups is 3. The molecule has 24 heavy (non-hydrogen) atoms. The van der Waals surface area contributed by atoms with Crippen LogP contribution in [0.1, 0.15) is 11.6 Å². The summed E-state index contributed by atoms with van der Waals surface area (Å²) < 4.78 is 0. The SMILES string of the molecule is NC(N)=NC/C=C1\N=C(N)N=C1C(CN=C(N)N)c1cnc(N)[nH]1. The molecule has 0 amide bonds. The number of nitrogens with one attached hydrogen (secondary N) is 1. The van der Waals surface area contributed by atoms with Crippen LogP contribution in [0.5, 0.6) is 0 Å².